The molecule has 1 aliphatic carbocycles. The van der Waals surface area contributed by atoms with Gasteiger partial charge in [-0.3, -0.25) is 4.90 Å². The van der Waals surface area contributed by atoms with Gasteiger partial charge in [0.15, 0.2) is 0 Å². The van der Waals surface area contributed by atoms with Crippen molar-refractivity contribution in [2.24, 2.45) is 0 Å². The summed E-state index contributed by atoms with van der Waals surface area (Å²) in [6.07, 6.45) is -0.628. The number of hydrogen-bond acceptors (Lipinski definition) is 5. The lowest BCUT2D eigenvalue weighted by Crippen LogP contribution is -2.19. The van der Waals surface area contributed by atoms with Crippen LogP contribution < -0.4 is 0 Å². The molecule has 2 aromatic carbocycles. The number of carbonyl (C=O) groups is 1. The number of aromatic hydroxyl groups is 1. The first-order chi connectivity index (χ1) is 17.6. The quantitative estimate of drug-likeness (QED) is 0.223. The van der Waals surface area contributed by atoms with Gasteiger partial charge in [-0.05, 0) is 79.3 Å². The number of benzene rings is 2. The van der Waals surface area contributed by atoms with E-state index in [0.29, 0.717) is 33.2 Å². The highest BCUT2D eigenvalue weighted by atomic mass is 79.9. The largest absolute Gasteiger partial charge is 0.506 e. The predicted molar refractivity (Wildman–Crippen MR) is 142 cm³/mol. The summed E-state index contributed by atoms with van der Waals surface area (Å²) < 4.78 is 48.6. The summed E-state index contributed by atoms with van der Waals surface area (Å²) in [6, 6.07) is 6.93. The van der Waals surface area contributed by atoms with Crippen LogP contribution in [0, 0.1) is 0 Å². The summed E-state index contributed by atoms with van der Waals surface area (Å²) in [5.41, 5.74) is 1.67. The number of nitrogens with zero attached hydrogens (tertiary/aromatic N) is 2. The van der Waals surface area contributed by atoms with Gasteiger partial charge in [0.1, 0.15) is 5.75 Å². The number of ether oxygens (including phenoxy) is 1. The zero-order valence-electron chi connectivity index (χ0n) is 20.3. The molecule has 2 heterocycles. The van der Waals surface area contributed by atoms with E-state index in [9.17, 15) is 23.1 Å². The minimum atomic E-state index is -4.50. The predicted octanol–water partition coefficient (Wildman–Crippen LogP) is 7.25. The first-order valence-electron chi connectivity index (χ1n) is 12.4. The van der Waals surface area contributed by atoms with E-state index in [1.807, 2.05) is 4.57 Å². The molecule has 3 aromatic rings. The second-order valence-electron chi connectivity index (χ2n) is 9.67. The zero-order chi connectivity index (χ0) is 26.5. The first kappa shape index (κ1) is 26.4. The standard InChI is InChI=1S/C27H28BrF3N2O3S/c1-2-36-26(35)22-21-18(14-32-10-3-4-11-32)24(34)19(28)13-20(21)33(17-8-9-17)23(22)25(37)15-6-5-7-16(12-15)27(29,30)31/h5-7,12-13,17,25,34,37H,2-4,8-11,14H2,1H3. The molecule has 1 aromatic heterocycles. The normalized spacial score (nSPS) is 17.5. The third-order valence-electron chi connectivity index (χ3n) is 7.12. The monoisotopic (exact) mass is 596 g/mol. The number of esters is 1. The lowest BCUT2D eigenvalue weighted by molar-refractivity contribution is -0.137. The van der Waals surface area contributed by atoms with Gasteiger partial charge in [-0.15, -0.1) is 0 Å². The van der Waals surface area contributed by atoms with E-state index < -0.39 is 23.0 Å². The molecule has 10 heteroatoms. The third kappa shape index (κ3) is 5.00. The summed E-state index contributed by atoms with van der Waals surface area (Å²) in [6.45, 7) is 4.07. The highest BCUT2D eigenvalue weighted by Gasteiger charge is 2.38. The number of halogens is 4. The molecule has 198 valence electrons. The molecule has 1 saturated carbocycles. The zero-order valence-corrected chi connectivity index (χ0v) is 22.8. The lowest BCUT2D eigenvalue weighted by atomic mass is 9.99. The van der Waals surface area contributed by atoms with Gasteiger partial charge < -0.3 is 14.4 Å². The topological polar surface area (TPSA) is 54.7 Å². The summed E-state index contributed by atoms with van der Waals surface area (Å²) in [4.78, 5) is 15.8. The summed E-state index contributed by atoms with van der Waals surface area (Å²) in [7, 11) is 0. The van der Waals surface area contributed by atoms with Crippen LogP contribution in [0.2, 0.25) is 0 Å². The molecule has 1 N–H and O–H groups in total. The lowest BCUT2D eigenvalue weighted by Gasteiger charge is -2.19. The van der Waals surface area contributed by atoms with E-state index >= 15 is 0 Å². The summed E-state index contributed by atoms with van der Waals surface area (Å²) in [5, 5.41) is 10.9. The van der Waals surface area contributed by atoms with E-state index in [0.717, 1.165) is 56.4 Å². The smallest absolute Gasteiger partial charge is 0.416 e. The summed E-state index contributed by atoms with van der Waals surface area (Å²) in [5.74, 6) is -0.517. The minimum Gasteiger partial charge on any atom is -0.506 e. The Morgan fingerprint density at radius 3 is 2.57 bits per heavy atom. The maximum absolute atomic E-state index is 13.5. The Balaban J connectivity index is 1.79. The molecule has 1 aliphatic heterocycles. The van der Waals surface area contributed by atoms with Crippen molar-refractivity contribution in [3.05, 3.63) is 62.8 Å². The molecule has 0 spiro atoms. The number of aromatic nitrogens is 1. The molecule has 0 radical (unpaired) electrons. The Morgan fingerprint density at radius 2 is 1.95 bits per heavy atom. The molecule has 2 aliphatic rings. The summed E-state index contributed by atoms with van der Waals surface area (Å²) >= 11 is 8.30. The van der Waals surface area contributed by atoms with Gasteiger partial charge in [0.25, 0.3) is 0 Å². The number of alkyl halides is 3. The maximum Gasteiger partial charge on any atom is 0.416 e. The number of rotatable bonds is 7. The minimum absolute atomic E-state index is 0.0548. The van der Waals surface area contributed by atoms with Crippen molar-refractivity contribution in [1.29, 1.82) is 0 Å². The SMILES string of the molecule is CCOC(=O)c1c(C(S)c2cccc(C(F)(F)F)c2)n(C2CC2)c2cc(Br)c(O)c(CN3CCCC3)c12. The van der Waals surface area contributed by atoms with E-state index in [4.69, 9.17) is 17.4 Å². The number of carbonyl (C=O) groups excluding carboxylic acids is 1. The maximum atomic E-state index is 13.5. The van der Waals surface area contributed by atoms with Gasteiger partial charge in [0.2, 0.25) is 0 Å². The average molecular weight is 597 g/mol. The van der Waals surface area contributed by atoms with Gasteiger partial charge in [0, 0.05) is 23.5 Å². The molecule has 37 heavy (non-hydrogen) atoms. The van der Waals surface area contributed by atoms with E-state index in [1.165, 1.54) is 6.07 Å². The van der Waals surface area contributed by atoms with Crippen LogP contribution in [-0.2, 0) is 17.5 Å². The molecule has 5 nitrogen and oxygen atoms in total. The van der Waals surface area contributed by atoms with Crippen LogP contribution in [0.15, 0.2) is 34.8 Å². The second kappa shape index (κ2) is 10.2. The van der Waals surface area contributed by atoms with E-state index in [-0.39, 0.29) is 24.0 Å². The number of hydrogen-bond donors (Lipinski definition) is 2. The first-order valence-corrected chi connectivity index (χ1v) is 13.8. The Bertz CT molecular complexity index is 1350. The number of thiol groups is 1. The van der Waals surface area contributed by atoms with Crippen molar-refractivity contribution in [3.8, 4) is 5.75 Å². The van der Waals surface area contributed by atoms with Crippen LogP contribution in [0.4, 0.5) is 13.2 Å². The molecule has 1 saturated heterocycles. The molecule has 1 atom stereocenters. The molecular weight excluding hydrogens is 569 g/mol. The van der Waals surface area contributed by atoms with Gasteiger partial charge in [-0.2, -0.15) is 25.8 Å². The average Bonchev–Trinajstić information content (AvgIpc) is 3.45. The number of likely N-dealkylation sites (tertiary alicyclic amines) is 1. The van der Waals surface area contributed by atoms with E-state index in [2.05, 4.69) is 20.8 Å². The fraction of sp³-hybridized carbons (Fsp3) is 0.444. The van der Waals surface area contributed by atoms with Crippen LogP contribution in [0.3, 0.4) is 0 Å². The molecule has 2 fully saturated rings. The van der Waals surface area contributed by atoms with Crippen molar-refractivity contribution in [1.82, 2.24) is 9.47 Å². The van der Waals surface area contributed by atoms with Crippen LogP contribution in [0.1, 0.15) is 76.6 Å². The molecular formula is C27H28BrF3N2O3S. The van der Waals surface area contributed by atoms with Gasteiger partial charge in [-0.25, -0.2) is 4.79 Å². The van der Waals surface area contributed by atoms with Crippen LogP contribution in [-0.4, -0.2) is 40.2 Å². The number of phenols is 1. The van der Waals surface area contributed by atoms with Gasteiger partial charge in [0.05, 0.1) is 38.7 Å². The Labute approximate surface area is 227 Å². The molecule has 5 rings (SSSR count). The molecule has 0 amide bonds. The number of phenolic OH excluding ortho intramolecular Hbond substituents is 1. The van der Waals surface area contributed by atoms with Gasteiger partial charge in [-0.1, -0.05) is 18.2 Å². The van der Waals surface area contributed by atoms with Crippen molar-refractivity contribution in [2.75, 3.05) is 19.7 Å². The highest BCUT2D eigenvalue weighted by Crippen LogP contribution is 2.49. The molecule has 0 bridgehead atoms. The second-order valence-corrected chi connectivity index (χ2v) is 11.0. The third-order valence-corrected chi connectivity index (χ3v) is 8.27. The van der Waals surface area contributed by atoms with Crippen molar-refractivity contribution in [3.63, 3.8) is 0 Å². The van der Waals surface area contributed by atoms with Crippen LogP contribution >= 0.6 is 28.6 Å². The number of fused-ring (bicyclic) bond motifs is 1. The fourth-order valence-electron chi connectivity index (χ4n) is 5.29. The van der Waals surface area contributed by atoms with Crippen molar-refractivity contribution in [2.45, 2.75) is 56.6 Å². The van der Waals surface area contributed by atoms with Gasteiger partial charge >= 0.3 is 12.1 Å². The van der Waals surface area contributed by atoms with Crippen molar-refractivity contribution < 1.29 is 27.8 Å². The Hall–Kier alpha value is -2.17. The van der Waals surface area contributed by atoms with Crippen LogP contribution in [0.5, 0.6) is 5.75 Å². The van der Waals surface area contributed by atoms with E-state index in [1.54, 1.807) is 19.1 Å². The van der Waals surface area contributed by atoms with Crippen LogP contribution in [0.25, 0.3) is 10.9 Å². The molecule has 1 unspecified atom stereocenters. The van der Waals surface area contributed by atoms with Crippen molar-refractivity contribution >= 4 is 45.4 Å². The Kier molecular flexibility index (Phi) is 7.28. The fourth-order valence-corrected chi connectivity index (χ4v) is 6.16. The highest BCUT2D eigenvalue weighted by molar-refractivity contribution is 9.10. The Morgan fingerprint density at radius 1 is 1.24 bits per heavy atom.